The van der Waals surface area contributed by atoms with Crippen LogP contribution in [0.25, 0.3) is 39.6 Å². The second-order valence-electron chi connectivity index (χ2n) is 6.13. The number of benzene rings is 2. The summed E-state index contributed by atoms with van der Waals surface area (Å²) in [6, 6.07) is 20.0. The van der Waals surface area contributed by atoms with Gasteiger partial charge in [-0.3, -0.25) is 4.57 Å². The van der Waals surface area contributed by atoms with Gasteiger partial charge in [0.05, 0.1) is 17.3 Å². The Bertz CT molecular complexity index is 1200. The van der Waals surface area contributed by atoms with Gasteiger partial charge in [0.1, 0.15) is 0 Å². The zero-order valence-electron chi connectivity index (χ0n) is 14.3. The maximum atomic E-state index is 5.61. The first-order valence-electron chi connectivity index (χ1n) is 8.62. The lowest BCUT2D eigenvalue weighted by atomic mass is 10.1. The molecule has 0 aliphatic rings. The van der Waals surface area contributed by atoms with Gasteiger partial charge < -0.3 is 4.42 Å². The second-order valence-corrected chi connectivity index (χ2v) is 6.13. The van der Waals surface area contributed by atoms with Crippen molar-refractivity contribution >= 4 is 22.3 Å². The fourth-order valence-electron chi connectivity index (χ4n) is 3.15. The van der Waals surface area contributed by atoms with Crippen LogP contribution in [0.5, 0.6) is 0 Å². The topological polar surface area (TPSA) is 56.7 Å². The van der Waals surface area contributed by atoms with Crippen LogP contribution in [0.15, 0.2) is 71.3 Å². The van der Waals surface area contributed by atoms with Crippen LogP contribution in [0, 0.1) is 0 Å². The number of aromatic nitrogens is 4. The third-order valence-electron chi connectivity index (χ3n) is 4.51. The van der Waals surface area contributed by atoms with Crippen molar-refractivity contribution in [2.24, 2.45) is 0 Å². The van der Waals surface area contributed by atoms with Crippen LogP contribution >= 0.6 is 0 Å². The van der Waals surface area contributed by atoms with Crippen molar-refractivity contribution in [3.8, 4) is 17.3 Å². The highest BCUT2D eigenvalue weighted by Crippen LogP contribution is 2.28. The van der Waals surface area contributed by atoms with Crippen molar-refractivity contribution in [1.82, 2.24) is 19.5 Å². The van der Waals surface area contributed by atoms with E-state index in [0.29, 0.717) is 17.2 Å². The van der Waals surface area contributed by atoms with E-state index in [2.05, 4.69) is 31.2 Å². The summed E-state index contributed by atoms with van der Waals surface area (Å²) >= 11 is 0. The lowest BCUT2D eigenvalue weighted by Gasteiger charge is -2.08. The van der Waals surface area contributed by atoms with E-state index in [1.807, 2.05) is 41.0 Å². The minimum absolute atomic E-state index is 0.606. The largest absolute Gasteiger partial charge is 0.461 e. The third kappa shape index (κ3) is 2.29. The zero-order valence-corrected chi connectivity index (χ0v) is 14.3. The molecule has 26 heavy (non-hydrogen) atoms. The highest BCUT2D eigenvalue weighted by molar-refractivity contribution is 5.85. The first-order chi connectivity index (χ1) is 12.8. The molecule has 0 spiro atoms. The average molecular weight is 340 g/mol. The molecule has 5 nitrogen and oxygen atoms in total. The molecule has 0 saturated carbocycles. The standard InChI is InChI=1S/C21H16N4O/c1-2-14-9-11-15(12-10-14)25-20(18-8-5-13-26-18)24-19-21(25)23-17-7-4-3-6-16(17)22-19/h3-13H,2H2,1H3. The molecule has 0 unspecified atom stereocenters. The van der Waals surface area contributed by atoms with Crippen molar-refractivity contribution in [1.29, 1.82) is 0 Å². The predicted molar refractivity (Wildman–Crippen MR) is 101 cm³/mol. The molecule has 5 aromatic rings. The number of hydrogen-bond acceptors (Lipinski definition) is 4. The molecule has 0 amide bonds. The molecular formula is C21H16N4O. The fourth-order valence-corrected chi connectivity index (χ4v) is 3.15. The molecule has 0 saturated heterocycles. The molecule has 0 fully saturated rings. The van der Waals surface area contributed by atoms with Crippen LogP contribution in [-0.4, -0.2) is 19.5 Å². The SMILES string of the molecule is CCc1ccc(-n2c(-c3ccco3)nc3nc4ccccc4nc32)cc1. The van der Waals surface area contributed by atoms with E-state index in [4.69, 9.17) is 19.4 Å². The summed E-state index contributed by atoms with van der Waals surface area (Å²) in [5.41, 5.74) is 5.28. The first-order valence-corrected chi connectivity index (χ1v) is 8.62. The molecular weight excluding hydrogens is 324 g/mol. The molecule has 0 aliphatic carbocycles. The summed E-state index contributed by atoms with van der Waals surface area (Å²) in [7, 11) is 0. The van der Waals surface area contributed by atoms with Crippen LogP contribution in [0.4, 0.5) is 0 Å². The Kier molecular flexibility index (Phi) is 3.31. The van der Waals surface area contributed by atoms with Gasteiger partial charge in [-0.1, -0.05) is 31.2 Å². The molecule has 0 atom stereocenters. The average Bonchev–Trinajstić information content (AvgIpc) is 3.34. The van der Waals surface area contributed by atoms with E-state index in [0.717, 1.165) is 28.8 Å². The quantitative estimate of drug-likeness (QED) is 0.474. The molecule has 0 N–H and O–H groups in total. The van der Waals surface area contributed by atoms with Crippen molar-refractivity contribution in [2.75, 3.05) is 0 Å². The smallest absolute Gasteiger partial charge is 0.199 e. The van der Waals surface area contributed by atoms with Gasteiger partial charge in [0.25, 0.3) is 0 Å². The Morgan fingerprint density at radius 3 is 2.31 bits per heavy atom. The van der Waals surface area contributed by atoms with E-state index >= 15 is 0 Å². The molecule has 5 heteroatoms. The van der Waals surface area contributed by atoms with Gasteiger partial charge in [-0.05, 0) is 48.4 Å². The number of para-hydroxylation sites is 2. The second kappa shape index (κ2) is 5.81. The fraction of sp³-hybridized carbons (Fsp3) is 0.0952. The number of rotatable bonds is 3. The molecule has 0 radical (unpaired) electrons. The molecule has 0 aliphatic heterocycles. The van der Waals surface area contributed by atoms with Crippen molar-refractivity contribution in [2.45, 2.75) is 13.3 Å². The Labute approximate surface area is 150 Å². The Hall–Kier alpha value is -3.47. The summed E-state index contributed by atoms with van der Waals surface area (Å²) in [6.07, 6.45) is 2.65. The van der Waals surface area contributed by atoms with Crippen molar-refractivity contribution in [3.63, 3.8) is 0 Å². The van der Waals surface area contributed by atoms with E-state index in [1.54, 1.807) is 6.26 Å². The number of nitrogens with zero attached hydrogens (tertiary/aromatic N) is 4. The molecule has 3 aromatic heterocycles. The normalized spacial score (nSPS) is 11.4. The first kappa shape index (κ1) is 14.8. The van der Waals surface area contributed by atoms with E-state index in [-0.39, 0.29) is 0 Å². The highest BCUT2D eigenvalue weighted by atomic mass is 16.3. The number of aryl methyl sites for hydroxylation is 1. The van der Waals surface area contributed by atoms with Crippen molar-refractivity contribution < 1.29 is 4.42 Å². The number of furan rings is 1. The maximum absolute atomic E-state index is 5.61. The van der Waals surface area contributed by atoms with Crippen molar-refractivity contribution in [3.05, 3.63) is 72.5 Å². The van der Waals surface area contributed by atoms with Gasteiger partial charge in [-0.25, -0.2) is 15.0 Å². The van der Waals surface area contributed by atoms with Gasteiger partial charge in [0, 0.05) is 5.69 Å². The molecule has 5 rings (SSSR count). The van der Waals surface area contributed by atoms with E-state index < -0.39 is 0 Å². The minimum Gasteiger partial charge on any atom is -0.461 e. The predicted octanol–water partition coefficient (Wildman–Crippen LogP) is 4.79. The lowest BCUT2D eigenvalue weighted by molar-refractivity contribution is 0.576. The highest BCUT2D eigenvalue weighted by Gasteiger charge is 2.19. The maximum Gasteiger partial charge on any atom is 0.199 e. The summed E-state index contributed by atoms with van der Waals surface area (Å²) < 4.78 is 7.62. The summed E-state index contributed by atoms with van der Waals surface area (Å²) in [4.78, 5) is 14.2. The van der Waals surface area contributed by atoms with Crippen LogP contribution in [0.1, 0.15) is 12.5 Å². The Morgan fingerprint density at radius 2 is 1.62 bits per heavy atom. The van der Waals surface area contributed by atoms with Crippen LogP contribution < -0.4 is 0 Å². The minimum atomic E-state index is 0.606. The lowest BCUT2D eigenvalue weighted by Crippen LogP contribution is -1.99. The van der Waals surface area contributed by atoms with Crippen LogP contribution in [0.2, 0.25) is 0 Å². The van der Waals surface area contributed by atoms with E-state index in [9.17, 15) is 0 Å². The molecule has 0 bridgehead atoms. The Morgan fingerprint density at radius 1 is 0.846 bits per heavy atom. The van der Waals surface area contributed by atoms with Gasteiger partial charge in [0.15, 0.2) is 22.9 Å². The number of fused-ring (bicyclic) bond motifs is 2. The number of imidazole rings is 1. The van der Waals surface area contributed by atoms with Crippen LogP contribution in [0.3, 0.4) is 0 Å². The summed E-state index contributed by atoms with van der Waals surface area (Å²) in [6.45, 7) is 2.15. The summed E-state index contributed by atoms with van der Waals surface area (Å²) in [5.74, 6) is 1.39. The van der Waals surface area contributed by atoms with Crippen LogP contribution in [-0.2, 0) is 6.42 Å². The number of hydrogen-bond donors (Lipinski definition) is 0. The monoisotopic (exact) mass is 340 g/mol. The Balaban J connectivity index is 1.84. The zero-order chi connectivity index (χ0) is 17.5. The third-order valence-corrected chi connectivity index (χ3v) is 4.51. The molecule has 3 heterocycles. The molecule has 126 valence electrons. The van der Waals surface area contributed by atoms with Gasteiger partial charge in [0.2, 0.25) is 0 Å². The van der Waals surface area contributed by atoms with Gasteiger partial charge in [-0.15, -0.1) is 0 Å². The van der Waals surface area contributed by atoms with Gasteiger partial charge >= 0.3 is 0 Å². The van der Waals surface area contributed by atoms with E-state index in [1.165, 1.54) is 5.56 Å². The van der Waals surface area contributed by atoms with Gasteiger partial charge in [-0.2, -0.15) is 0 Å². The molecule has 2 aromatic carbocycles. The summed E-state index contributed by atoms with van der Waals surface area (Å²) in [5, 5.41) is 0.